The minimum absolute atomic E-state index is 0. The molecule has 0 N–H and O–H groups in total. The molecule has 0 saturated carbocycles. The van der Waals surface area contributed by atoms with Crippen LogP contribution in [-0.2, 0) is 25.8 Å². The number of halogens is 1. The molecule has 2 heterocycles. The predicted molar refractivity (Wildman–Crippen MR) is 136 cm³/mol. The molecule has 0 unspecified atom stereocenters. The summed E-state index contributed by atoms with van der Waals surface area (Å²) in [4.78, 5) is 9.21. The molecule has 0 aliphatic heterocycles. The molecule has 5 nitrogen and oxygen atoms in total. The van der Waals surface area contributed by atoms with Crippen LogP contribution in [0.5, 0.6) is 10.9 Å². The number of ether oxygens (including phenoxy) is 1. The van der Waals surface area contributed by atoms with Crippen molar-refractivity contribution >= 4 is 23.9 Å². The molecule has 0 saturated heterocycles. The molecule has 7 heteroatoms. The Bertz CT molecular complexity index is 1250. The zero-order valence-electron chi connectivity index (χ0n) is 19.3. The van der Waals surface area contributed by atoms with Gasteiger partial charge in [0.25, 0.3) is 5.19 Å². The van der Waals surface area contributed by atoms with Crippen LogP contribution in [0.4, 0.5) is 0 Å². The second-order valence-corrected chi connectivity index (χ2v) is 9.40. The fourth-order valence-electron chi connectivity index (χ4n) is 4.36. The van der Waals surface area contributed by atoms with E-state index in [-0.39, 0.29) is 12.4 Å². The number of nitrogens with zero attached hydrogens (tertiary/aromatic N) is 4. The highest BCUT2D eigenvalue weighted by molar-refractivity contribution is 7.07. The van der Waals surface area contributed by atoms with Crippen molar-refractivity contribution in [3.8, 4) is 22.3 Å². The van der Waals surface area contributed by atoms with Gasteiger partial charge >= 0.3 is 0 Å². The summed E-state index contributed by atoms with van der Waals surface area (Å²) in [6, 6.07) is 12.6. The molecule has 0 amide bonds. The van der Waals surface area contributed by atoms with Crippen LogP contribution in [0.1, 0.15) is 46.5 Å². The molecule has 0 bridgehead atoms. The van der Waals surface area contributed by atoms with E-state index in [4.69, 9.17) is 4.74 Å². The van der Waals surface area contributed by atoms with Crippen LogP contribution in [0.15, 0.2) is 42.7 Å². The Labute approximate surface area is 205 Å². The number of fused-ring (bicyclic) bond motifs is 1. The maximum Gasteiger partial charge on any atom is 0.299 e. The van der Waals surface area contributed by atoms with E-state index >= 15 is 0 Å². The van der Waals surface area contributed by atoms with Gasteiger partial charge in [-0.3, -0.25) is 0 Å². The predicted octanol–water partition coefficient (Wildman–Crippen LogP) is 6.66. The van der Waals surface area contributed by atoms with Crippen LogP contribution < -0.4 is 4.74 Å². The first-order chi connectivity index (χ1) is 15.6. The maximum atomic E-state index is 6.13. The van der Waals surface area contributed by atoms with E-state index in [1.54, 1.807) is 0 Å². The van der Waals surface area contributed by atoms with E-state index < -0.39 is 0 Å². The molecule has 2 aromatic carbocycles. The largest absolute Gasteiger partial charge is 0.430 e. The lowest BCUT2D eigenvalue weighted by molar-refractivity contribution is 0.474. The highest BCUT2D eigenvalue weighted by atomic mass is 35.5. The van der Waals surface area contributed by atoms with Crippen LogP contribution in [0.25, 0.3) is 11.4 Å². The normalized spacial score (nSPS) is 12.8. The van der Waals surface area contributed by atoms with Gasteiger partial charge in [0.05, 0.1) is 12.0 Å². The quantitative estimate of drug-likeness (QED) is 0.309. The summed E-state index contributed by atoms with van der Waals surface area (Å²) in [7, 11) is 0. The average Bonchev–Trinajstić information content (AvgIpc) is 3.43. The van der Waals surface area contributed by atoms with Crippen LogP contribution in [-0.4, -0.2) is 18.9 Å². The molecule has 0 fully saturated rings. The van der Waals surface area contributed by atoms with E-state index in [1.165, 1.54) is 52.5 Å². The topological polar surface area (TPSA) is 52.8 Å². The highest BCUT2D eigenvalue weighted by Gasteiger charge is 2.16. The molecule has 33 heavy (non-hydrogen) atoms. The number of benzene rings is 2. The molecule has 2 aromatic heterocycles. The molecule has 0 spiro atoms. The van der Waals surface area contributed by atoms with Crippen molar-refractivity contribution in [1.29, 1.82) is 0 Å². The lowest BCUT2D eigenvalue weighted by atomic mass is 10.00. The average molecular weight is 481 g/mol. The van der Waals surface area contributed by atoms with Gasteiger partial charge in [0.1, 0.15) is 5.75 Å². The first-order valence-corrected chi connectivity index (χ1v) is 12.1. The summed E-state index contributed by atoms with van der Waals surface area (Å²) in [6.45, 7) is 7.30. The zero-order valence-corrected chi connectivity index (χ0v) is 20.9. The maximum absolute atomic E-state index is 6.13. The summed E-state index contributed by atoms with van der Waals surface area (Å²) >= 11 is 1.29. The smallest absolute Gasteiger partial charge is 0.299 e. The van der Waals surface area contributed by atoms with E-state index in [1.807, 2.05) is 18.5 Å². The van der Waals surface area contributed by atoms with Crippen molar-refractivity contribution in [2.75, 3.05) is 0 Å². The van der Waals surface area contributed by atoms with Crippen molar-refractivity contribution in [3.05, 3.63) is 76.4 Å². The Morgan fingerprint density at radius 1 is 1.00 bits per heavy atom. The summed E-state index contributed by atoms with van der Waals surface area (Å²) in [5, 5.41) is 0.570. The first kappa shape index (κ1) is 23.5. The third kappa shape index (κ3) is 5.12. The first-order valence-electron chi connectivity index (χ1n) is 11.3. The van der Waals surface area contributed by atoms with Gasteiger partial charge in [0, 0.05) is 29.3 Å². The highest BCUT2D eigenvalue weighted by Crippen LogP contribution is 2.31. The van der Waals surface area contributed by atoms with E-state index in [9.17, 15) is 0 Å². The Morgan fingerprint density at radius 3 is 2.61 bits per heavy atom. The van der Waals surface area contributed by atoms with E-state index in [0.717, 1.165) is 42.7 Å². The van der Waals surface area contributed by atoms with Crippen LogP contribution in [0.3, 0.4) is 0 Å². The molecule has 4 aromatic rings. The second-order valence-electron chi connectivity index (χ2n) is 8.68. The summed E-state index contributed by atoms with van der Waals surface area (Å²) in [5.41, 5.74) is 8.67. The summed E-state index contributed by atoms with van der Waals surface area (Å²) in [6.07, 6.45) is 7.85. The summed E-state index contributed by atoms with van der Waals surface area (Å²) < 4.78 is 12.9. The molecule has 5 rings (SSSR count). The van der Waals surface area contributed by atoms with Gasteiger partial charge in [-0.15, -0.1) is 12.4 Å². The molecule has 0 radical (unpaired) electrons. The Kier molecular flexibility index (Phi) is 7.15. The third-order valence-electron chi connectivity index (χ3n) is 6.28. The van der Waals surface area contributed by atoms with Crippen molar-refractivity contribution < 1.29 is 4.74 Å². The van der Waals surface area contributed by atoms with Crippen molar-refractivity contribution in [2.24, 2.45) is 0 Å². The zero-order chi connectivity index (χ0) is 22.1. The fraction of sp³-hybridized carbons (Fsp3) is 0.346. The Balaban J connectivity index is 0.00000259. The Morgan fingerprint density at radius 2 is 1.79 bits per heavy atom. The van der Waals surface area contributed by atoms with E-state index in [2.05, 4.69) is 63.9 Å². The van der Waals surface area contributed by atoms with Gasteiger partial charge in [-0.05, 0) is 75.6 Å². The molecule has 1 aliphatic carbocycles. The van der Waals surface area contributed by atoms with Crippen molar-refractivity contribution in [2.45, 2.75) is 59.4 Å². The standard InChI is InChI=1S/C26H28N4OS.ClH/c1-17-8-10-20(11-9-17)25-28-26(32-29-25)31-24-15-18(2)21(14-19(24)3)12-13-30-16-27-22-6-4-5-7-23(22)30;/h8-11,14-16H,4-7,12-13H2,1-3H3;1H. The number of aromatic nitrogens is 4. The molecule has 0 atom stereocenters. The van der Waals surface area contributed by atoms with E-state index in [0.29, 0.717) is 11.0 Å². The summed E-state index contributed by atoms with van der Waals surface area (Å²) in [5.74, 6) is 1.55. The van der Waals surface area contributed by atoms with Crippen molar-refractivity contribution in [1.82, 2.24) is 18.9 Å². The van der Waals surface area contributed by atoms with Crippen molar-refractivity contribution in [3.63, 3.8) is 0 Å². The number of hydrogen-bond acceptors (Lipinski definition) is 5. The molecule has 1 aliphatic rings. The van der Waals surface area contributed by atoms with Gasteiger partial charge in [-0.2, -0.15) is 9.36 Å². The van der Waals surface area contributed by atoms with Crippen LogP contribution in [0.2, 0.25) is 0 Å². The minimum atomic E-state index is 0. The number of rotatable bonds is 6. The Hall–Kier alpha value is -2.70. The van der Waals surface area contributed by atoms with Gasteiger partial charge < -0.3 is 9.30 Å². The number of imidazole rings is 1. The van der Waals surface area contributed by atoms with Gasteiger partial charge in [-0.1, -0.05) is 35.9 Å². The van der Waals surface area contributed by atoms with Gasteiger partial charge in [-0.25, -0.2) is 4.98 Å². The second kappa shape index (κ2) is 10.1. The van der Waals surface area contributed by atoms with Gasteiger partial charge in [0.15, 0.2) is 5.82 Å². The van der Waals surface area contributed by atoms with Crippen LogP contribution >= 0.6 is 23.9 Å². The lowest BCUT2D eigenvalue weighted by Gasteiger charge is -2.15. The minimum Gasteiger partial charge on any atom is -0.430 e. The monoisotopic (exact) mass is 480 g/mol. The third-order valence-corrected chi connectivity index (χ3v) is 6.87. The molecular weight excluding hydrogens is 452 g/mol. The number of aryl methyl sites for hydroxylation is 6. The molecule has 172 valence electrons. The SMILES string of the molecule is Cc1ccc(-c2nsc(Oc3cc(C)c(CCn4cnc5c4CCCC5)cc3C)n2)cc1.Cl. The fourth-order valence-corrected chi connectivity index (χ4v) is 4.92. The van der Waals surface area contributed by atoms with Crippen LogP contribution in [0, 0.1) is 20.8 Å². The molecular formula is C26H29ClN4OS. The lowest BCUT2D eigenvalue weighted by Crippen LogP contribution is -2.10. The number of hydrogen-bond donors (Lipinski definition) is 0. The van der Waals surface area contributed by atoms with Gasteiger partial charge in [0.2, 0.25) is 0 Å².